The Labute approximate surface area is 75.7 Å². The predicted octanol–water partition coefficient (Wildman–Crippen LogP) is 0.0727. The molecule has 1 unspecified atom stereocenters. The fourth-order valence-corrected chi connectivity index (χ4v) is 0.501. The third kappa shape index (κ3) is 4.58. The van der Waals surface area contributed by atoms with Crippen molar-refractivity contribution in [3.63, 3.8) is 0 Å². The zero-order valence-corrected chi connectivity index (χ0v) is 7.31. The fraction of sp³-hybridized carbons (Fsp3) is 0.429. The smallest absolute Gasteiger partial charge is 0.322 e. The number of hydrogen-bond acceptors (Lipinski definition) is 2. The summed E-state index contributed by atoms with van der Waals surface area (Å²) in [6, 6.07) is -1.04. The minimum atomic E-state index is -0.633. The van der Waals surface area contributed by atoms with Crippen molar-refractivity contribution in [3.05, 3.63) is 0 Å². The van der Waals surface area contributed by atoms with Gasteiger partial charge in [0.2, 0.25) is 5.91 Å². The molecular weight excluding hydrogens is 180 g/mol. The number of halogens is 1. The summed E-state index contributed by atoms with van der Waals surface area (Å²) in [6.07, 6.45) is 4.98. The summed E-state index contributed by atoms with van der Waals surface area (Å²) < 4.78 is 0. The Hall–Kier alpha value is -1.21. The van der Waals surface area contributed by atoms with Crippen molar-refractivity contribution in [2.75, 3.05) is 5.88 Å². The lowest BCUT2D eigenvalue weighted by atomic mass is 10.4. The number of carbonyl (C=O) groups excluding carboxylic acids is 2. The lowest BCUT2D eigenvalue weighted by Crippen LogP contribution is -2.43. The van der Waals surface area contributed by atoms with E-state index in [1.165, 1.54) is 0 Å². The summed E-state index contributed by atoms with van der Waals surface area (Å²) >= 11 is 5.13. The average molecular weight is 189 g/mol. The second kappa shape index (κ2) is 5.44. The van der Waals surface area contributed by atoms with E-state index in [9.17, 15) is 9.59 Å². The van der Waals surface area contributed by atoms with E-state index in [-0.39, 0.29) is 5.88 Å². The van der Waals surface area contributed by atoms with E-state index in [4.69, 9.17) is 18.0 Å². The van der Waals surface area contributed by atoms with Gasteiger partial charge in [-0.05, 0) is 6.92 Å². The Morgan fingerprint density at radius 3 is 2.67 bits per heavy atom. The highest BCUT2D eigenvalue weighted by molar-refractivity contribution is 6.28. The second-order valence-electron chi connectivity index (χ2n) is 2.04. The van der Waals surface area contributed by atoms with Gasteiger partial charge in [-0.15, -0.1) is 18.0 Å². The van der Waals surface area contributed by atoms with Crippen molar-refractivity contribution in [1.29, 1.82) is 0 Å². The van der Waals surface area contributed by atoms with Crippen molar-refractivity contribution in [2.24, 2.45) is 0 Å². The molecule has 0 aliphatic heterocycles. The van der Waals surface area contributed by atoms with Gasteiger partial charge in [-0.1, -0.05) is 5.92 Å². The summed E-state index contributed by atoms with van der Waals surface area (Å²) in [5.41, 5.74) is 0. The summed E-state index contributed by atoms with van der Waals surface area (Å²) in [5, 5.41) is 4.31. The minimum absolute atomic E-state index is 0.252. The highest BCUT2D eigenvalue weighted by Gasteiger charge is 2.06. The first-order chi connectivity index (χ1) is 5.60. The molecule has 3 amide bonds. The standard InChI is InChI=1S/C7H9ClN2O2/c1-3-5(2)9-7(12)10-6(11)4-8/h1,5H,4H2,2H3,(H2,9,10,11,12). The topological polar surface area (TPSA) is 58.2 Å². The van der Waals surface area contributed by atoms with Crippen LogP contribution >= 0.6 is 11.6 Å². The van der Waals surface area contributed by atoms with Crippen molar-refractivity contribution in [3.8, 4) is 12.3 Å². The molecule has 0 spiro atoms. The monoisotopic (exact) mass is 188 g/mol. The number of rotatable bonds is 2. The molecule has 0 fully saturated rings. The van der Waals surface area contributed by atoms with Gasteiger partial charge in [-0.2, -0.15) is 0 Å². The van der Waals surface area contributed by atoms with Gasteiger partial charge in [0.15, 0.2) is 0 Å². The van der Waals surface area contributed by atoms with Crippen LogP contribution in [0.5, 0.6) is 0 Å². The predicted molar refractivity (Wildman–Crippen MR) is 45.7 cm³/mol. The summed E-state index contributed by atoms with van der Waals surface area (Å²) in [7, 11) is 0. The molecule has 0 heterocycles. The van der Waals surface area contributed by atoms with Crippen LogP contribution in [0.25, 0.3) is 0 Å². The molecule has 0 saturated carbocycles. The van der Waals surface area contributed by atoms with E-state index in [1.54, 1.807) is 6.92 Å². The van der Waals surface area contributed by atoms with Gasteiger partial charge >= 0.3 is 6.03 Å². The first-order valence-electron chi connectivity index (χ1n) is 3.22. The highest BCUT2D eigenvalue weighted by Crippen LogP contribution is 1.78. The molecule has 0 aromatic rings. The molecule has 66 valence electrons. The summed E-state index contributed by atoms with van der Waals surface area (Å²) in [4.78, 5) is 21.3. The largest absolute Gasteiger partial charge is 0.324 e. The Morgan fingerprint density at radius 2 is 2.25 bits per heavy atom. The molecule has 0 aromatic heterocycles. The maximum atomic E-state index is 10.8. The van der Waals surface area contributed by atoms with Crippen LogP contribution < -0.4 is 10.6 Å². The van der Waals surface area contributed by atoms with Crippen LogP contribution in [-0.4, -0.2) is 23.9 Å². The van der Waals surface area contributed by atoms with Gasteiger partial charge in [0.05, 0.1) is 6.04 Å². The fourth-order valence-electron chi connectivity index (χ4n) is 0.434. The molecule has 0 saturated heterocycles. The van der Waals surface area contributed by atoms with Crippen LogP contribution in [0.15, 0.2) is 0 Å². The molecule has 4 nitrogen and oxygen atoms in total. The second-order valence-corrected chi connectivity index (χ2v) is 2.31. The number of terminal acetylenes is 1. The lowest BCUT2D eigenvalue weighted by Gasteiger charge is -2.06. The van der Waals surface area contributed by atoms with Crippen LogP contribution in [0, 0.1) is 12.3 Å². The van der Waals surface area contributed by atoms with Gasteiger partial charge in [-0.3, -0.25) is 10.1 Å². The molecule has 0 radical (unpaired) electrons. The van der Waals surface area contributed by atoms with Crippen LogP contribution in [-0.2, 0) is 4.79 Å². The number of carbonyl (C=O) groups is 2. The molecular formula is C7H9ClN2O2. The average Bonchev–Trinajstić information content (AvgIpc) is 2.03. The van der Waals surface area contributed by atoms with Crippen LogP contribution in [0.1, 0.15) is 6.92 Å². The van der Waals surface area contributed by atoms with Gasteiger partial charge in [0.1, 0.15) is 5.88 Å². The molecule has 0 aromatic carbocycles. The molecule has 0 aliphatic carbocycles. The molecule has 1 atom stereocenters. The van der Waals surface area contributed by atoms with Crippen molar-refractivity contribution < 1.29 is 9.59 Å². The zero-order valence-electron chi connectivity index (χ0n) is 6.56. The van der Waals surface area contributed by atoms with E-state index in [0.717, 1.165) is 0 Å². The Bertz CT molecular complexity index is 222. The maximum absolute atomic E-state index is 10.8. The SMILES string of the molecule is C#CC(C)NC(=O)NC(=O)CCl. The molecule has 0 aliphatic rings. The van der Waals surface area contributed by atoms with Crippen molar-refractivity contribution in [1.82, 2.24) is 10.6 Å². The number of amides is 3. The van der Waals surface area contributed by atoms with Gasteiger partial charge < -0.3 is 5.32 Å². The van der Waals surface area contributed by atoms with Crippen LogP contribution in [0.2, 0.25) is 0 Å². The van der Waals surface area contributed by atoms with E-state index in [1.807, 2.05) is 5.32 Å². The first-order valence-corrected chi connectivity index (χ1v) is 3.76. The van der Waals surface area contributed by atoms with Gasteiger partial charge in [-0.25, -0.2) is 4.79 Å². The van der Waals surface area contributed by atoms with Crippen LogP contribution in [0.4, 0.5) is 4.79 Å². The molecule has 12 heavy (non-hydrogen) atoms. The molecule has 5 heteroatoms. The van der Waals surface area contributed by atoms with Gasteiger partial charge in [0, 0.05) is 0 Å². The van der Waals surface area contributed by atoms with Crippen molar-refractivity contribution in [2.45, 2.75) is 13.0 Å². The lowest BCUT2D eigenvalue weighted by molar-refractivity contribution is -0.117. The quantitative estimate of drug-likeness (QED) is 0.476. The Morgan fingerprint density at radius 1 is 1.67 bits per heavy atom. The Kier molecular flexibility index (Phi) is 4.89. The molecule has 0 bridgehead atoms. The van der Waals surface area contributed by atoms with E-state index in [0.29, 0.717) is 0 Å². The van der Waals surface area contributed by atoms with Crippen LogP contribution in [0.3, 0.4) is 0 Å². The molecule has 2 N–H and O–H groups in total. The Balaban J connectivity index is 3.76. The normalized spacial score (nSPS) is 11.1. The van der Waals surface area contributed by atoms with Crippen molar-refractivity contribution >= 4 is 23.5 Å². The van der Waals surface area contributed by atoms with Gasteiger partial charge in [0.25, 0.3) is 0 Å². The van der Waals surface area contributed by atoms with E-state index in [2.05, 4.69) is 11.2 Å². The highest BCUT2D eigenvalue weighted by atomic mass is 35.5. The number of alkyl halides is 1. The third-order valence-electron chi connectivity index (χ3n) is 0.972. The third-order valence-corrected chi connectivity index (χ3v) is 1.21. The summed E-state index contributed by atoms with van der Waals surface area (Å²) in [5.74, 6) is 1.46. The number of imide groups is 1. The summed E-state index contributed by atoms with van der Waals surface area (Å²) in [6.45, 7) is 1.62. The number of hydrogen-bond donors (Lipinski definition) is 2. The minimum Gasteiger partial charge on any atom is -0.324 e. The van der Waals surface area contributed by atoms with E-state index >= 15 is 0 Å². The first kappa shape index (κ1) is 10.8. The zero-order chi connectivity index (χ0) is 9.56. The van der Waals surface area contributed by atoms with E-state index < -0.39 is 18.0 Å². The molecule has 0 rings (SSSR count). The number of nitrogens with one attached hydrogen (secondary N) is 2. The maximum Gasteiger partial charge on any atom is 0.322 e. The number of urea groups is 1.